The van der Waals surface area contributed by atoms with Gasteiger partial charge >= 0.3 is 6.09 Å². The van der Waals surface area contributed by atoms with E-state index in [1.165, 1.54) is 18.2 Å². The molecule has 1 N–H and O–H groups in total. The van der Waals surface area contributed by atoms with Crippen LogP contribution in [0.2, 0.25) is 0 Å². The Bertz CT molecular complexity index is 878. The van der Waals surface area contributed by atoms with Crippen LogP contribution >= 0.6 is 0 Å². The van der Waals surface area contributed by atoms with Crippen LogP contribution in [-0.4, -0.2) is 35.2 Å². The Balaban J connectivity index is 1.73. The van der Waals surface area contributed by atoms with Crippen molar-refractivity contribution in [2.45, 2.75) is 64.8 Å². The van der Waals surface area contributed by atoms with Gasteiger partial charge < -0.3 is 10.1 Å². The third-order valence-corrected chi connectivity index (χ3v) is 5.17. The quantitative estimate of drug-likeness (QED) is 0.758. The molecule has 0 radical (unpaired) electrons. The second kappa shape index (κ2) is 9.13. The van der Waals surface area contributed by atoms with E-state index in [0.717, 1.165) is 23.1 Å². The second-order valence-corrected chi connectivity index (χ2v) is 9.08. The van der Waals surface area contributed by atoms with Gasteiger partial charge in [0, 0.05) is 25.2 Å². The Labute approximate surface area is 177 Å². The summed E-state index contributed by atoms with van der Waals surface area (Å²) in [5.74, 6) is -0.496. The molecule has 2 atom stereocenters. The number of hydrogen-bond acceptors (Lipinski definition) is 3. The van der Waals surface area contributed by atoms with Crippen molar-refractivity contribution in [3.8, 4) is 0 Å². The third-order valence-electron chi connectivity index (χ3n) is 5.17. The number of hydrogen-bond donors (Lipinski definition) is 1. The predicted octanol–water partition coefficient (Wildman–Crippen LogP) is 4.85. The highest BCUT2D eigenvalue weighted by atomic mass is 19.1. The topological polar surface area (TPSA) is 41.6 Å². The smallest absolute Gasteiger partial charge is 0.407 e. The maximum absolute atomic E-state index is 13.8. The fraction of sp³-hybridized carbons (Fsp3) is 0.458. The number of carbonyl (C=O) groups excluding carboxylic acids is 1. The van der Waals surface area contributed by atoms with Crippen LogP contribution in [0.3, 0.4) is 0 Å². The molecule has 0 spiro atoms. The van der Waals surface area contributed by atoms with Crippen molar-refractivity contribution in [1.82, 2.24) is 10.2 Å². The summed E-state index contributed by atoms with van der Waals surface area (Å²) in [7, 11) is 0. The van der Waals surface area contributed by atoms with Crippen LogP contribution in [0.4, 0.5) is 13.6 Å². The average Bonchev–Trinajstić information content (AvgIpc) is 2.62. The zero-order valence-corrected chi connectivity index (χ0v) is 18.0. The summed E-state index contributed by atoms with van der Waals surface area (Å²) in [6.45, 7) is 8.73. The largest absolute Gasteiger partial charge is 0.444 e. The first kappa shape index (κ1) is 22.2. The molecule has 162 valence electrons. The molecule has 0 saturated carbocycles. The van der Waals surface area contributed by atoms with Crippen molar-refractivity contribution < 1.29 is 18.3 Å². The molecule has 3 rings (SSSR count). The fourth-order valence-corrected chi connectivity index (χ4v) is 3.88. The summed E-state index contributed by atoms with van der Waals surface area (Å²) in [4.78, 5) is 14.4. The number of alkyl carbamates (subject to hydrolysis) is 1. The summed E-state index contributed by atoms with van der Waals surface area (Å²) in [6.07, 6.45) is 0.975. The average molecular weight is 417 g/mol. The number of fused-ring (bicyclic) bond motifs is 1. The molecule has 4 nitrogen and oxygen atoms in total. The summed E-state index contributed by atoms with van der Waals surface area (Å²) in [5, 5.41) is 2.90. The van der Waals surface area contributed by atoms with E-state index in [4.69, 9.17) is 4.74 Å². The lowest BCUT2D eigenvalue weighted by Crippen LogP contribution is -2.49. The molecule has 0 fully saturated rings. The minimum absolute atomic E-state index is 0.118. The van der Waals surface area contributed by atoms with Crippen molar-refractivity contribution in [3.63, 3.8) is 0 Å². The van der Waals surface area contributed by atoms with E-state index in [2.05, 4.69) is 10.2 Å². The Kier molecular flexibility index (Phi) is 6.76. The number of nitrogens with one attached hydrogen (secondary N) is 1. The first-order chi connectivity index (χ1) is 14.1. The Morgan fingerprint density at radius 1 is 1.13 bits per heavy atom. The van der Waals surface area contributed by atoms with E-state index in [1.54, 1.807) is 18.2 Å². The molecule has 6 heteroatoms. The van der Waals surface area contributed by atoms with E-state index in [9.17, 15) is 13.6 Å². The molecule has 1 aliphatic rings. The fourth-order valence-electron chi connectivity index (χ4n) is 3.88. The van der Waals surface area contributed by atoms with E-state index < -0.39 is 11.7 Å². The molecule has 30 heavy (non-hydrogen) atoms. The molecule has 2 aromatic carbocycles. The highest BCUT2D eigenvalue weighted by Gasteiger charge is 2.28. The Morgan fingerprint density at radius 2 is 1.80 bits per heavy atom. The van der Waals surface area contributed by atoms with Gasteiger partial charge in [-0.1, -0.05) is 18.2 Å². The third kappa shape index (κ3) is 6.26. The number of nitrogens with zero attached hydrogens (tertiary/aromatic N) is 1. The highest BCUT2D eigenvalue weighted by molar-refractivity contribution is 5.68. The van der Waals surface area contributed by atoms with Crippen LogP contribution in [-0.2, 0) is 24.1 Å². The minimum Gasteiger partial charge on any atom is -0.444 e. The van der Waals surface area contributed by atoms with Gasteiger partial charge in [-0.2, -0.15) is 0 Å². The van der Waals surface area contributed by atoms with Gasteiger partial charge in [-0.25, -0.2) is 13.6 Å². The van der Waals surface area contributed by atoms with E-state index in [0.29, 0.717) is 19.5 Å². The number of amides is 1. The molecule has 0 aromatic heterocycles. The van der Waals surface area contributed by atoms with Gasteiger partial charge in [-0.05, 0) is 81.5 Å². The van der Waals surface area contributed by atoms with Gasteiger partial charge in [0.2, 0.25) is 0 Å². The number of benzene rings is 2. The molecule has 1 aliphatic heterocycles. The molecule has 1 heterocycles. The first-order valence-electron chi connectivity index (χ1n) is 10.3. The van der Waals surface area contributed by atoms with Crippen molar-refractivity contribution in [3.05, 3.63) is 70.8 Å². The molecule has 1 unspecified atom stereocenters. The van der Waals surface area contributed by atoms with Crippen molar-refractivity contribution in [2.75, 3.05) is 6.54 Å². The van der Waals surface area contributed by atoms with Crippen LogP contribution in [0.1, 0.15) is 44.4 Å². The molecule has 2 aromatic rings. The SMILES string of the molecule is C[C@@H](CN1Cc2ccc(F)cc2CC1Cc1ccc(F)cc1)NC(=O)OC(C)(C)C. The number of carbonyl (C=O) groups is 1. The highest BCUT2D eigenvalue weighted by Crippen LogP contribution is 2.26. The van der Waals surface area contributed by atoms with Crippen LogP contribution in [0.25, 0.3) is 0 Å². The zero-order chi connectivity index (χ0) is 21.9. The summed E-state index contributed by atoms with van der Waals surface area (Å²) < 4.78 is 32.4. The van der Waals surface area contributed by atoms with Crippen LogP contribution in [0, 0.1) is 11.6 Å². The van der Waals surface area contributed by atoms with E-state index >= 15 is 0 Å². The number of halogens is 2. The minimum atomic E-state index is -0.553. The lowest BCUT2D eigenvalue weighted by atomic mass is 9.90. The van der Waals surface area contributed by atoms with Gasteiger partial charge in [0.25, 0.3) is 0 Å². The van der Waals surface area contributed by atoms with Gasteiger partial charge in [0.05, 0.1) is 0 Å². The summed E-state index contributed by atoms with van der Waals surface area (Å²) in [5.41, 5.74) is 2.57. The standard InChI is InChI=1S/C24H30F2N2O2/c1-16(27-23(29)30-24(2,3)4)14-28-15-18-7-10-21(26)12-19(18)13-22(28)11-17-5-8-20(25)9-6-17/h5-10,12,16,22H,11,13-15H2,1-4H3,(H,27,29)/t16-,22?/m0/s1. The van der Waals surface area contributed by atoms with Gasteiger partial charge in [0.15, 0.2) is 0 Å². The van der Waals surface area contributed by atoms with E-state index in [-0.39, 0.29) is 23.7 Å². The lowest BCUT2D eigenvalue weighted by molar-refractivity contribution is 0.0485. The molecule has 0 aliphatic carbocycles. The lowest BCUT2D eigenvalue weighted by Gasteiger charge is -2.38. The van der Waals surface area contributed by atoms with Crippen molar-refractivity contribution >= 4 is 6.09 Å². The molecule has 0 saturated heterocycles. The van der Waals surface area contributed by atoms with Gasteiger partial charge in [0.1, 0.15) is 17.2 Å². The Morgan fingerprint density at radius 3 is 2.47 bits per heavy atom. The number of ether oxygens (including phenoxy) is 1. The molecule has 0 bridgehead atoms. The van der Waals surface area contributed by atoms with Crippen LogP contribution in [0.15, 0.2) is 42.5 Å². The van der Waals surface area contributed by atoms with E-state index in [1.807, 2.05) is 33.8 Å². The van der Waals surface area contributed by atoms with Gasteiger partial charge in [-0.3, -0.25) is 4.90 Å². The van der Waals surface area contributed by atoms with Crippen molar-refractivity contribution in [2.24, 2.45) is 0 Å². The maximum Gasteiger partial charge on any atom is 0.407 e. The normalized spacial score (nSPS) is 17.9. The summed E-state index contributed by atoms with van der Waals surface area (Å²) in [6, 6.07) is 11.4. The predicted molar refractivity (Wildman–Crippen MR) is 113 cm³/mol. The second-order valence-electron chi connectivity index (χ2n) is 9.08. The Hall–Kier alpha value is -2.47. The van der Waals surface area contributed by atoms with Crippen molar-refractivity contribution in [1.29, 1.82) is 0 Å². The monoisotopic (exact) mass is 416 g/mol. The van der Waals surface area contributed by atoms with Gasteiger partial charge in [-0.15, -0.1) is 0 Å². The van der Waals surface area contributed by atoms with Crippen LogP contribution in [0.5, 0.6) is 0 Å². The molecule has 1 amide bonds. The molecular formula is C24H30F2N2O2. The maximum atomic E-state index is 13.8. The van der Waals surface area contributed by atoms with Crippen LogP contribution < -0.4 is 5.32 Å². The summed E-state index contributed by atoms with van der Waals surface area (Å²) >= 11 is 0. The number of rotatable bonds is 5. The zero-order valence-electron chi connectivity index (χ0n) is 18.0. The first-order valence-corrected chi connectivity index (χ1v) is 10.3. The molecular weight excluding hydrogens is 386 g/mol.